The smallest absolute Gasteiger partial charge is 0.274 e. The molecule has 1 aromatic heterocycles. The molecule has 0 saturated carbocycles. The Morgan fingerprint density at radius 3 is 2.42 bits per heavy atom. The molecule has 7 nitrogen and oxygen atoms in total. The Labute approximate surface area is 195 Å². The highest BCUT2D eigenvalue weighted by atomic mass is 32.1. The third kappa shape index (κ3) is 5.03. The number of carbonyl (C=O) groups is 1. The maximum atomic E-state index is 13.9. The molecule has 0 spiro atoms. The number of aromatic nitrogens is 1. The van der Waals surface area contributed by atoms with Crippen molar-refractivity contribution in [3.05, 3.63) is 47.8 Å². The van der Waals surface area contributed by atoms with Crippen molar-refractivity contribution in [3.63, 3.8) is 0 Å². The highest BCUT2D eigenvalue weighted by Crippen LogP contribution is 2.38. The summed E-state index contributed by atoms with van der Waals surface area (Å²) < 4.78 is 36.6. The molecule has 0 aliphatic carbocycles. The molecule has 0 radical (unpaired) electrons. The number of nitrogens with zero attached hydrogens (tertiary/aromatic N) is 2. The number of carbonyl (C=O) groups excluding carboxylic acids is 1. The van der Waals surface area contributed by atoms with Crippen molar-refractivity contribution < 1.29 is 28.1 Å². The van der Waals surface area contributed by atoms with Crippen LogP contribution in [0.15, 0.2) is 36.4 Å². The van der Waals surface area contributed by atoms with Crippen molar-refractivity contribution >= 4 is 33.5 Å². The fourth-order valence-corrected chi connectivity index (χ4v) is 4.65. The lowest BCUT2D eigenvalue weighted by Crippen LogP contribution is -2.41. The van der Waals surface area contributed by atoms with E-state index in [1.807, 2.05) is 6.07 Å². The number of para-hydroxylation sites is 1. The molecule has 0 atom stereocenters. The fraction of sp³-hybridized carbons (Fsp3) is 0.333. The van der Waals surface area contributed by atoms with E-state index in [1.54, 1.807) is 50.5 Å². The largest absolute Gasteiger partial charge is 0.493 e. The monoisotopic (exact) mass is 472 g/mol. The molecule has 174 valence electrons. The summed E-state index contributed by atoms with van der Waals surface area (Å²) in [5.41, 5.74) is 1.10. The first-order valence-corrected chi connectivity index (χ1v) is 11.3. The third-order valence-corrected chi connectivity index (χ3v) is 6.39. The summed E-state index contributed by atoms with van der Waals surface area (Å²) in [6.07, 6.45) is 4.57. The van der Waals surface area contributed by atoms with Gasteiger partial charge in [-0.3, -0.25) is 4.79 Å². The quantitative estimate of drug-likeness (QED) is 0.470. The minimum absolute atomic E-state index is 0.0586. The molecule has 0 bridgehead atoms. The first-order valence-electron chi connectivity index (χ1n) is 10.5. The predicted octanol–water partition coefficient (Wildman–Crippen LogP) is 4.54. The molecule has 33 heavy (non-hydrogen) atoms. The van der Waals surface area contributed by atoms with E-state index in [2.05, 4.69) is 4.98 Å². The van der Waals surface area contributed by atoms with Crippen LogP contribution in [0.5, 0.6) is 22.4 Å². The van der Waals surface area contributed by atoms with Crippen LogP contribution >= 0.6 is 11.3 Å². The standard InChI is InChI=1S/C24H25FN2O5S/c1-29-18-13-15(14-19(30-2)23(18)31-3)7-8-21(28)27-11-9-16(10-12-27)32-24-26-22-17(25)5-4-6-20(22)33-24/h4-8,13-14,16H,9-12H2,1-3H3/b8-7+. The second-order valence-electron chi connectivity index (χ2n) is 7.50. The van der Waals surface area contributed by atoms with E-state index in [4.69, 9.17) is 18.9 Å². The molecule has 2 heterocycles. The minimum Gasteiger partial charge on any atom is -0.493 e. The Morgan fingerprint density at radius 1 is 1.12 bits per heavy atom. The second-order valence-corrected chi connectivity index (χ2v) is 8.49. The van der Waals surface area contributed by atoms with E-state index in [1.165, 1.54) is 23.5 Å². The van der Waals surface area contributed by atoms with E-state index >= 15 is 0 Å². The maximum Gasteiger partial charge on any atom is 0.274 e. The molecule has 1 aliphatic rings. The van der Waals surface area contributed by atoms with Gasteiger partial charge in [-0.25, -0.2) is 4.39 Å². The first-order chi connectivity index (χ1) is 16.0. The fourth-order valence-electron chi connectivity index (χ4n) is 3.75. The highest BCUT2D eigenvalue weighted by molar-refractivity contribution is 7.20. The van der Waals surface area contributed by atoms with Crippen LogP contribution in [0.1, 0.15) is 18.4 Å². The number of benzene rings is 2. The van der Waals surface area contributed by atoms with Crippen molar-refractivity contribution in [1.82, 2.24) is 9.88 Å². The Hall–Kier alpha value is -3.33. The van der Waals surface area contributed by atoms with Crippen LogP contribution in [0.3, 0.4) is 0 Å². The van der Waals surface area contributed by atoms with Crippen molar-refractivity contribution in [2.75, 3.05) is 34.4 Å². The molecular formula is C24H25FN2O5S. The van der Waals surface area contributed by atoms with Crippen LogP contribution in [-0.2, 0) is 4.79 Å². The van der Waals surface area contributed by atoms with Gasteiger partial charge in [0.05, 0.1) is 26.0 Å². The van der Waals surface area contributed by atoms with Gasteiger partial charge in [0.25, 0.3) is 5.19 Å². The number of halogens is 1. The van der Waals surface area contributed by atoms with Crippen LogP contribution in [-0.4, -0.2) is 56.3 Å². The Morgan fingerprint density at radius 2 is 1.82 bits per heavy atom. The van der Waals surface area contributed by atoms with E-state index in [0.717, 1.165) is 10.3 Å². The van der Waals surface area contributed by atoms with Gasteiger partial charge in [-0.05, 0) is 35.9 Å². The molecule has 0 unspecified atom stereocenters. The van der Waals surface area contributed by atoms with Gasteiger partial charge in [-0.2, -0.15) is 4.98 Å². The van der Waals surface area contributed by atoms with Crippen LogP contribution in [0.2, 0.25) is 0 Å². The molecule has 9 heteroatoms. The van der Waals surface area contributed by atoms with Crippen LogP contribution < -0.4 is 18.9 Å². The van der Waals surface area contributed by atoms with Crippen LogP contribution in [0, 0.1) is 5.82 Å². The number of fused-ring (bicyclic) bond motifs is 1. The zero-order chi connectivity index (χ0) is 23.4. The molecule has 1 saturated heterocycles. The van der Waals surface area contributed by atoms with E-state index in [0.29, 0.717) is 53.9 Å². The molecular weight excluding hydrogens is 447 g/mol. The van der Waals surface area contributed by atoms with E-state index in [9.17, 15) is 9.18 Å². The Balaban J connectivity index is 1.35. The van der Waals surface area contributed by atoms with Gasteiger partial charge >= 0.3 is 0 Å². The lowest BCUT2D eigenvalue weighted by Gasteiger charge is -2.30. The Kier molecular flexibility index (Phi) is 6.98. The summed E-state index contributed by atoms with van der Waals surface area (Å²) in [7, 11) is 4.64. The molecule has 1 aliphatic heterocycles. The number of piperidine rings is 1. The average Bonchev–Trinajstić information content (AvgIpc) is 3.26. The molecule has 0 N–H and O–H groups in total. The van der Waals surface area contributed by atoms with Crippen molar-refractivity contribution in [2.45, 2.75) is 18.9 Å². The summed E-state index contributed by atoms with van der Waals surface area (Å²) >= 11 is 1.33. The first kappa shape index (κ1) is 22.8. The van der Waals surface area contributed by atoms with Crippen LogP contribution in [0.25, 0.3) is 16.3 Å². The number of hydrogen-bond acceptors (Lipinski definition) is 7. The summed E-state index contributed by atoms with van der Waals surface area (Å²) in [5.74, 6) is 1.12. The lowest BCUT2D eigenvalue weighted by atomic mass is 10.1. The topological polar surface area (TPSA) is 70.1 Å². The normalized spacial score (nSPS) is 14.6. The number of thiazole rings is 1. The Bertz CT molecular complexity index is 1150. The number of amides is 1. The number of ether oxygens (including phenoxy) is 4. The number of likely N-dealkylation sites (tertiary alicyclic amines) is 1. The van der Waals surface area contributed by atoms with Gasteiger partial charge in [0.15, 0.2) is 11.5 Å². The van der Waals surface area contributed by atoms with Crippen molar-refractivity contribution in [2.24, 2.45) is 0 Å². The molecule has 3 aromatic rings. The molecule has 4 rings (SSSR count). The van der Waals surface area contributed by atoms with Crippen molar-refractivity contribution in [1.29, 1.82) is 0 Å². The van der Waals surface area contributed by atoms with Gasteiger partial charge in [0, 0.05) is 32.0 Å². The average molecular weight is 473 g/mol. The second kappa shape index (κ2) is 10.1. The predicted molar refractivity (Wildman–Crippen MR) is 125 cm³/mol. The SMILES string of the molecule is COc1cc(/C=C/C(=O)N2CCC(Oc3nc4c(F)cccc4s3)CC2)cc(OC)c1OC. The number of rotatable bonds is 7. The highest BCUT2D eigenvalue weighted by Gasteiger charge is 2.24. The minimum atomic E-state index is -0.349. The van der Waals surface area contributed by atoms with Crippen LogP contribution in [0.4, 0.5) is 4.39 Å². The summed E-state index contributed by atoms with van der Waals surface area (Å²) in [4.78, 5) is 18.7. The molecule has 1 fully saturated rings. The van der Waals surface area contributed by atoms with E-state index in [-0.39, 0.29) is 17.8 Å². The summed E-state index contributed by atoms with van der Waals surface area (Å²) in [6, 6.07) is 8.44. The van der Waals surface area contributed by atoms with Gasteiger partial charge in [-0.15, -0.1) is 0 Å². The summed E-state index contributed by atoms with van der Waals surface area (Å²) in [6.45, 7) is 1.14. The zero-order valence-corrected chi connectivity index (χ0v) is 19.5. The van der Waals surface area contributed by atoms with Gasteiger partial charge in [0.1, 0.15) is 17.4 Å². The number of methoxy groups -OCH3 is 3. The number of hydrogen-bond donors (Lipinski definition) is 0. The third-order valence-electron chi connectivity index (χ3n) is 5.48. The summed E-state index contributed by atoms with van der Waals surface area (Å²) in [5, 5.41) is 0.460. The molecule has 2 aromatic carbocycles. The van der Waals surface area contributed by atoms with Gasteiger partial charge < -0.3 is 23.8 Å². The molecule has 1 amide bonds. The van der Waals surface area contributed by atoms with Gasteiger partial charge in [-0.1, -0.05) is 17.4 Å². The zero-order valence-electron chi connectivity index (χ0n) is 18.7. The maximum absolute atomic E-state index is 13.9. The van der Waals surface area contributed by atoms with Crippen molar-refractivity contribution in [3.8, 4) is 22.4 Å². The van der Waals surface area contributed by atoms with E-state index < -0.39 is 0 Å². The lowest BCUT2D eigenvalue weighted by molar-refractivity contribution is -0.127. The van der Waals surface area contributed by atoms with Gasteiger partial charge in [0.2, 0.25) is 11.7 Å².